The van der Waals surface area contributed by atoms with Gasteiger partial charge < -0.3 is 9.32 Å². The Morgan fingerprint density at radius 3 is 1.76 bits per heavy atom. The van der Waals surface area contributed by atoms with Crippen LogP contribution in [-0.2, 0) is 0 Å². The summed E-state index contributed by atoms with van der Waals surface area (Å²) in [6.07, 6.45) is 0. The number of anilines is 3. The summed E-state index contributed by atoms with van der Waals surface area (Å²) in [4.78, 5) is 2.35. The minimum atomic E-state index is 0.882. The van der Waals surface area contributed by atoms with Gasteiger partial charge in [0.2, 0.25) is 0 Å². The molecule has 0 aliphatic carbocycles. The fraction of sp³-hybridized carbons (Fsp3) is 0. The SMILES string of the molecule is c1ccc(-c2ccc(N(c3ccc(-c4ccc5sc6ccccc6c5c4)cc3)c3cccc4oc5ccccc5c34)cc2)cc1. The summed E-state index contributed by atoms with van der Waals surface area (Å²) in [6, 6.07) is 58.5. The van der Waals surface area contributed by atoms with Crippen LogP contribution in [0.2, 0.25) is 0 Å². The molecule has 2 aromatic heterocycles. The molecule has 0 spiro atoms. The van der Waals surface area contributed by atoms with Gasteiger partial charge in [-0.15, -0.1) is 11.3 Å². The van der Waals surface area contributed by atoms with Crippen LogP contribution in [0.4, 0.5) is 17.1 Å². The molecule has 0 unspecified atom stereocenters. The summed E-state index contributed by atoms with van der Waals surface area (Å²) in [7, 11) is 0. The van der Waals surface area contributed by atoms with E-state index in [9.17, 15) is 0 Å². The van der Waals surface area contributed by atoms with Gasteiger partial charge in [0, 0.05) is 36.9 Å². The Labute approximate surface area is 265 Å². The minimum Gasteiger partial charge on any atom is -0.456 e. The van der Waals surface area contributed by atoms with E-state index in [0.717, 1.165) is 39.0 Å². The lowest BCUT2D eigenvalue weighted by molar-refractivity contribution is 0.669. The number of benzene rings is 7. The van der Waals surface area contributed by atoms with Gasteiger partial charge in [0.25, 0.3) is 0 Å². The molecule has 0 amide bonds. The van der Waals surface area contributed by atoms with Crippen LogP contribution in [0.1, 0.15) is 0 Å². The summed E-state index contributed by atoms with van der Waals surface area (Å²) in [6.45, 7) is 0. The Morgan fingerprint density at radius 1 is 0.400 bits per heavy atom. The molecule has 0 radical (unpaired) electrons. The van der Waals surface area contributed by atoms with Crippen molar-refractivity contribution in [2.24, 2.45) is 0 Å². The monoisotopic (exact) mass is 593 g/mol. The van der Waals surface area contributed by atoms with Crippen molar-refractivity contribution in [1.29, 1.82) is 0 Å². The molecular formula is C42H27NOS. The van der Waals surface area contributed by atoms with Gasteiger partial charge >= 0.3 is 0 Å². The quantitative estimate of drug-likeness (QED) is 0.197. The molecule has 9 rings (SSSR count). The first-order valence-corrected chi connectivity index (χ1v) is 16.0. The molecule has 212 valence electrons. The second-order valence-electron chi connectivity index (χ2n) is 11.4. The van der Waals surface area contributed by atoms with Crippen LogP contribution in [0.5, 0.6) is 0 Å². The van der Waals surface area contributed by atoms with E-state index in [1.54, 1.807) is 0 Å². The van der Waals surface area contributed by atoms with E-state index in [1.165, 1.54) is 42.4 Å². The zero-order valence-corrected chi connectivity index (χ0v) is 25.2. The van der Waals surface area contributed by atoms with Crippen molar-refractivity contribution in [3.63, 3.8) is 0 Å². The van der Waals surface area contributed by atoms with E-state index in [2.05, 4.69) is 157 Å². The molecule has 2 heterocycles. The summed E-state index contributed by atoms with van der Waals surface area (Å²) in [5.41, 5.74) is 9.86. The number of furan rings is 1. The summed E-state index contributed by atoms with van der Waals surface area (Å²) >= 11 is 1.85. The standard InChI is InChI=1S/C42H27NOS/c1-2-9-28(10-3-1)29-17-22-32(23-18-29)43(37-13-8-15-39-42(37)35-12-4-6-14-38(35)44-39)33-24-19-30(20-25-33)31-21-26-41-36(27-31)34-11-5-7-16-40(34)45-41/h1-27H. The third-order valence-electron chi connectivity index (χ3n) is 8.69. The number of hydrogen-bond acceptors (Lipinski definition) is 3. The number of nitrogens with zero attached hydrogens (tertiary/aromatic N) is 1. The Balaban J connectivity index is 1.18. The van der Waals surface area contributed by atoms with Gasteiger partial charge in [0.05, 0.1) is 11.1 Å². The molecule has 0 aliphatic heterocycles. The van der Waals surface area contributed by atoms with Gasteiger partial charge in [0.15, 0.2) is 0 Å². The van der Waals surface area contributed by atoms with Crippen molar-refractivity contribution < 1.29 is 4.42 Å². The van der Waals surface area contributed by atoms with Crippen LogP contribution in [0.3, 0.4) is 0 Å². The van der Waals surface area contributed by atoms with Crippen molar-refractivity contribution in [2.45, 2.75) is 0 Å². The number of rotatable bonds is 5. The maximum atomic E-state index is 6.30. The summed E-state index contributed by atoms with van der Waals surface area (Å²) < 4.78 is 8.95. The molecule has 0 saturated heterocycles. The molecule has 7 aromatic carbocycles. The van der Waals surface area contributed by atoms with Crippen molar-refractivity contribution in [1.82, 2.24) is 0 Å². The van der Waals surface area contributed by atoms with Gasteiger partial charge in [0.1, 0.15) is 11.2 Å². The highest BCUT2D eigenvalue weighted by Crippen LogP contribution is 2.44. The molecule has 3 heteroatoms. The Hall–Kier alpha value is -5.64. The second kappa shape index (κ2) is 10.5. The van der Waals surface area contributed by atoms with Crippen molar-refractivity contribution in [3.8, 4) is 22.3 Å². The van der Waals surface area contributed by atoms with Crippen LogP contribution in [0.25, 0.3) is 64.4 Å². The van der Waals surface area contributed by atoms with Crippen LogP contribution in [0.15, 0.2) is 168 Å². The number of fused-ring (bicyclic) bond motifs is 6. The van der Waals surface area contributed by atoms with E-state index in [-0.39, 0.29) is 0 Å². The molecule has 0 fully saturated rings. The van der Waals surface area contributed by atoms with Crippen LogP contribution >= 0.6 is 11.3 Å². The van der Waals surface area contributed by atoms with E-state index >= 15 is 0 Å². The fourth-order valence-electron chi connectivity index (χ4n) is 6.51. The summed E-state index contributed by atoms with van der Waals surface area (Å²) in [5.74, 6) is 0. The first kappa shape index (κ1) is 25.8. The van der Waals surface area contributed by atoms with Crippen LogP contribution in [0, 0.1) is 0 Å². The topological polar surface area (TPSA) is 16.4 Å². The van der Waals surface area contributed by atoms with E-state index < -0.39 is 0 Å². The van der Waals surface area contributed by atoms with Gasteiger partial charge in [-0.2, -0.15) is 0 Å². The van der Waals surface area contributed by atoms with Crippen molar-refractivity contribution >= 4 is 70.5 Å². The highest BCUT2D eigenvalue weighted by molar-refractivity contribution is 7.25. The first-order chi connectivity index (χ1) is 22.3. The normalized spacial score (nSPS) is 11.6. The Kier molecular flexibility index (Phi) is 6.03. The number of thiophene rings is 1. The molecule has 0 aliphatic rings. The van der Waals surface area contributed by atoms with Crippen molar-refractivity contribution in [3.05, 3.63) is 164 Å². The predicted octanol–water partition coefficient (Wildman–Crippen LogP) is 12.8. The average molecular weight is 594 g/mol. The second-order valence-corrected chi connectivity index (χ2v) is 12.4. The fourth-order valence-corrected chi connectivity index (χ4v) is 7.60. The molecule has 0 bridgehead atoms. The first-order valence-electron chi connectivity index (χ1n) is 15.2. The number of para-hydroxylation sites is 1. The van der Waals surface area contributed by atoms with Gasteiger partial charge in [-0.1, -0.05) is 103 Å². The smallest absolute Gasteiger partial charge is 0.137 e. The molecule has 0 N–H and O–H groups in total. The Bertz CT molecular complexity index is 2470. The molecule has 0 atom stereocenters. The highest BCUT2D eigenvalue weighted by atomic mass is 32.1. The highest BCUT2D eigenvalue weighted by Gasteiger charge is 2.19. The lowest BCUT2D eigenvalue weighted by Gasteiger charge is -2.26. The Morgan fingerprint density at radius 2 is 0.978 bits per heavy atom. The van der Waals surface area contributed by atoms with Gasteiger partial charge in [-0.3, -0.25) is 0 Å². The van der Waals surface area contributed by atoms with E-state index in [4.69, 9.17) is 4.42 Å². The molecule has 45 heavy (non-hydrogen) atoms. The zero-order valence-electron chi connectivity index (χ0n) is 24.4. The average Bonchev–Trinajstić information content (AvgIpc) is 3.68. The summed E-state index contributed by atoms with van der Waals surface area (Å²) in [5, 5.41) is 4.86. The zero-order chi connectivity index (χ0) is 29.7. The van der Waals surface area contributed by atoms with E-state index in [1.807, 2.05) is 23.5 Å². The molecule has 9 aromatic rings. The van der Waals surface area contributed by atoms with Gasteiger partial charge in [-0.25, -0.2) is 0 Å². The maximum absolute atomic E-state index is 6.30. The molecule has 2 nitrogen and oxygen atoms in total. The molecule has 0 saturated carbocycles. The predicted molar refractivity (Wildman–Crippen MR) is 192 cm³/mol. The van der Waals surface area contributed by atoms with Crippen LogP contribution < -0.4 is 4.90 Å². The number of hydrogen-bond donors (Lipinski definition) is 0. The third-order valence-corrected chi connectivity index (χ3v) is 9.84. The lowest BCUT2D eigenvalue weighted by atomic mass is 10.0. The van der Waals surface area contributed by atoms with E-state index in [0.29, 0.717) is 0 Å². The maximum Gasteiger partial charge on any atom is 0.137 e. The van der Waals surface area contributed by atoms with Gasteiger partial charge in [-0.05, 0) is 82.9 Å². The lowest BCUT2D eigenvalue weighted by Crippen LogP contribution is -2.10. The van der Waals surface area contributed by atoms with Crippen LogP contribution in [-0.4, -0.2) is 0 Å². The van der Waals surface area contributed by atoms with Crippen molar-refractivity contribution in [2.75, 3.05) is 4.90 Å². The third kappa shape index (κ3) is 4.40. The molecular weight excluding hydrogens is 567 g/mol. The largest absolute Gasteiger partial charge is 0.456 e. The minimum absolute atomic E-state index is 0.882.